The van der Waals surface area contributed by atoms with Crippen molar-refractivity contribution in [2.75, 3.05) is 19.3 Å². The summed E-state index contributed by atoms with van der Waals surface area (Å²) >= 11 is 0. The number of amides is 1. The molecule has 2 aromatic rings. The summed E-state index contributed by atoms with van der Waals surface area (Å²) in [6.07, 6.45) is 1.93. The highest BCUT2D eigenvalue weighted by Crippen LogP contribution is 2.24. The zero-order valence-corrected chi connectivity index (χ0v) is 16.9. The van der Waals surface area contributed by atoms with Crippen molar-refractivity contribution < 1.29 is 13.2 Å². The number of carbonyl (C=O) groups excluding carboxylic acids is 1. The molecular weight excluding hydrogens is 360 g/mol. The van der Waals surface area contributed by atoms with Gasteiger partial charge in [0.25, 0.3) is 0 Å². The average molecular weight is 389 g/mol. The van der Waals surface area contributed by atoms with E-state index in [1.165, 1.54) is 10.6 Å². The fourth-order valence-corrected chi connectivity index (χ4v) is 4.32. The van der Waals surface area contributed by atoms with Gasteiger partial charge in [-0.1, -0.05) is 67.6 Å². The molecule has 0 spiro atoms. The zero-order chi connectivity index (χ0) is 19.9. The summed E-state index contributed by atoms with van der Waals surface area (Å²) in [5, 5.41) is 2.92. The van der Waals surface area contributed by atoms with Crippen LogP contribution < -0.4 is 5.32 Å². The molecule has 0 bridgehead atoms. The first-order chi connectivity index (χ1) is 12.8. The Hall–Kier alpha value is -2.18. The summed E-state index contributed by atoms with van der Waals surface area (Å²) in [7, 11) is -3.32. The number of rotatable bonds is 9. The molecule has 146 valence electrons. The second-order valence-corrected chi connectivity index (χ2v) is 8.61. The third-order valence-corrected chi connectivity index (χ3v) is 6.06. The molecule has 0 radical (unpaired) electrons. The van der Waals surface area contributed by atoms with Gasteiger partial charge >= 0.3 is 0 Å². The largest absolute Gasteiger partial charge is 0.354 e. The van der Waals surface area contributed by atoms with Crippen molar-refractivity contribution in [3.05, 3.63) is 71.8 Å². The molecule has 0 aliphatic carbocycles. The summed E-state index contributed by atoms with van der Waals surface area (Å²) < 4.78 is 25.4. The van der Waals surface area contributed by atoms with Crippen molar-refractivity contribution in [2.24, 2.45) is 0 Å². The van der Waals surface area contributed by atoms with E-state index in [1.807, 2.05) is 74.5 Å². The van der Waals surface area contributed by atoms with Crippen LogP contribution in [0.2, 0.25) is 0 Å². The van der Waals surface area contributed by atoms with Crippen LogP contribution in [0.25, 0.3) is 0 Å². The quantitative estimate of drug-likeness (QED) is 0.718. The third-order valence-electron chi connectivity index (χ3n) is 4.67. The van der Waals surface area contributed by atoms with Crippen LogP contribution in [-0.2, 0) is 14.8 Å². The molecule has 2 rings (SSSR count). The molecule has 1 unspecified atom stereocenters. The molecule has 0 saturated carbocycles. The molecule has 2 aromatic carbocycles. The van der Waals surface area contributed by atoms with E-state index in [-0.39, 0.29) is 25.0 Å². The van der Waals surface area contributed by atoms with E-state index in [0.717, 1.165) is 17.5 Å². The SMILES string of the molecule is CCC(C)N(CCNC(=O)C(c1ccccc1)c1ccccc1)S(C)(=O)=O. The third kappa shape index (κ3) is 5.91. The lowest BCUT2D eigenvalue weighted by atomic mass is 9.90. The minimum Gasteiger partial charge on any atom is -0.354 e. The first-order valence-corrected chi connectivity index (χ1v) is 11.0. The van der Waals surface area contributed by atoms with Crippen molar-refractivity contribution in [3.8, 4) is 0 Å². The van der Waals surface area contributed by atoms with Crippen LogP contribution >= 0.6 is 0 Å². The second-order valence-electron chi connectivity index (χ2n) is 6.68. The van der Waals surface area contributed by atoms with Gasteiger partial charge in [-0.2, -0.15) is 4.31 Å². The van der Waals surface area contributed by atoms with E-state index in [9.17, 15) is 13.2 Å². The normalized spacial score (nSPS) is 12.9. The number of hydrogen-bond donors (Lipinski definition) is 1. The Labute approximate surface area is 162 Å². The first kappa shape index (κ1) is 21.1. The molecule has 1 atom stereocenters. The van der Waals surface area contributed by atoms with E-state index < -0.39 is 15.9 Å². The van der Waals surface area contributed by atoms with Crippen LogP contribution in [0.15, 0.2) is 60.7 Å². The van der Waals surface area contributed by atoms with Gasteiger partial charge in [0, 0.05) is 19.1 Å². The van der Waals surface area contributed by atoms with Crippen LogP contribution in [0.1, 0.15) is 37.3 Å². The summed E-state index contributed by atoms with van der Waals surface area (Å²) in [6.45, 7) is 4.35. The van der Waals surface area contributed by atoms with Gasteiger partial charge in [0.05, 0.1) is 12.2 Å². The van der Waals surface area contributed by atoms with Crippen molar-refractivity contribution >= 4 is 15.9 Å². The van der Waals surface area contributed by atoms with Crippen molar-refractivity contribution in [2.45, 2.75) is 32.2 Å². The van der Waals surface area contributed by atoms with Gasteiger partial charge in [-0.3, -0.25) is 4.79 Å². The molecule has 6 heteroatoms. The van der Waals surface area contributed by atoms with Crippen LogP contribution in [0.5, 0.6) is 0 Å². The highest BCUT2D eigenvalue weighted by molar-refractivity contribution is 7.88. The summed E-state index contributed by atoms with van der Waals surface area (Å²) in [5.74, 6) is -0.562. The van der Waals surface area contributed by atoms with E-state index in [2.05, 4.69) is 5.32 Å². The first-order valence-electron chi connectivity index (χ1n) is 9.19. The Morgan fingerprint density at radius 1 is 1.00 bits per heavy atom. The predicted octanol–water partition coefficient (Wildman–Crippen LogP) is 2.99. The average Bonchev–Trinajstić information content (AvgIpc) is 2.65. The Morgan fingerprint density at radius 2 is 1.48 bits per heavy atom. The van der Waals surface area contributed by atoms with Crippen LogP contribution in [0.4, 0.5) is 0 Å². The molecule has 0 heterocycles. The Balaban J connectivity index is 2.13. The Morgan fingerprint density at radius 3 is 1.89 bits per heavy atom. The second kappa shape index (κ2) is 9.67. The van der Waals surface area contributed by atoms with Gasteiger partial charge in [-0.25, -0.2) is 8.42 Å². The number of sulfonamides is 1. The molecular formula is C21H28N2O3S. The lowest BCUT2D eigenvalue weighted by Crippen LogP contribution is -2.43. The number of nitrogens with zero attached hydrogens (tertiary/aromatic N) is 1. The lowest BCUT2D eigenvalue weighted by molar-refractivity contribution is -0.121. The predicted molar refractivity (Wildman–Crippen MR) is 109 cm³/mol. The van der Waals surface area contributed by atoms with Crippen LogP contribution in [0, 0.1) is 0 Å². The summed E-state index contributed by atoms with van der Waals surface area (Å²) in [4.78, 5) is 12.9. The van der Waals surface area contributed by atoms with Crippen molar-refractivity contribution in [3.63, 3.8) is 0 Å². The van der Waals surface area contributed by atoms with Crippen LogP contribution in [0.3, 0.4) is 0 Å². The van der Waals surface area contributed by atoms with Gasteiger partial charge in [0.2, 0.25) is 15.9 Å². The van der Waals surface area contributed by atoms with Crippen molar-refractivity contribution in [1.82, 2.24) is 9.62 Å². The van der Waals surface area contributed by atoms with Gasteiger partial charge in [0.15, 0.2) is 0 Å². The molecule has 0 fully saturated rings. The number of nitrogens with one attached hydrogen (secondary N) is 1. The molecule has 0 saturated heterocycles. The molecule has 0 aromatic heterocycles. The minimum atomic E-state index is -3.32. The molecule has 1 amide bonds. The summed E-state index contributed by atoms with van der Waals surface area (Å²) in [6, 6.07) is 19.1. The standard InChI is InChI=1S/C21H28N2O3S/c1-4-17(2)23(27(3,25)26)16-15-22-21(24)20(18-11-7-5-8-12-18)19-13-9-6-10-14-19/h5-14,17,20H,4,15-16H2,1-3H3,(H,22,24). The van der Waals surface area contributed by atoms with Gasteiger partial charge in [-0.15, -0.1) is 0 Å². The Bertz CT molecular complexity index is 784. The topological polar surface area (TPSA) is 66.5 Å². The van der Waals surface area contributed by atoms with Gasteiger partial charge in [-0.05, 0) is 24.5 Å². The monoisotopic (exact) mass is 388 g/mol. The number of carbonyl (C=O) groups is 1. The maximum Gasteiger partial charge on any atom is 0.232 e. The highest BCUT2D eigenvalue weighted by Gasteiger charge is 2.24. The smallest absolute Gasteiger partial charge is 0.232 e. The van der Waals surface area contributed by atoms with E-state index in [4.69, 9.17) is 0 Å². The minimum absolute atomic E-state index is 0.101. The zero-order valence-electron chi connectivity index (χ0n) is 16.1. The fraction of sp³-hybridized carbons (Fsp3) is 0.381. The number of benzene rings is 2. The van der Waals surface area contributed by atoms with Gasteiger partial charge in [0.1, 0.15) is 0 Å². The lowest BCUT2D eigenvalue weighted by Gasteiger charge is -2.26. The Kier molecular flexibility index (Phi) is 7.56. The molecule has 1 N–H and O–H groups in total. The maximum absolute atomic E-state index is 12.9. The van der Waals surface area contributed by atoms with Crippen molar-refractivity contribution in [1.29, 1.82) is 0 Å². The fourth-order valence-electron chi connectivity index (χ4n) is 3.09. The van der Waals surface area contributed by atoms with E-state index in [0.29, 0.717) is 0 Å². The van der Waals surface area contributed by atoms with Crippen LogP contribution in [-0.4, -0.2) is 44.0 Å². The van der Waals surface area contributed by atoms with Gasteiger partial charge < -0.3 is 5.32 Å². The maximum atomic E-state index is 12.9. The number of hydrogen-bond acceptors (Lipinski definition) is 3. The molecule has 27 heavy (non-hydrogen) atoms. The van der Waals surface area contributed by atoms with E-state index >= 15 is 0 Å². The highest BCUT2D eigenvalue weighted by atomic mass is 32.2. The van der Waals surface area contributed by atoms with E-state index in [1.54, 1.807) is 0 Å². The molecule has 0 aliphatic rings. The molecule has 5 nitrogen and oxygen atoms in total. The summed E-state index contributed by atoms with van der Waals surface area (Å²) in [5.41, 5.74) is 1.81. The molecule has 0 aliphatic heterocycles.